The van der Waals surface area contributed by atoms with Crippen molar-refractivity contribution < 1.29 is 17.1 Å². The van der Waals surface area contributed by atoms with Gasteiger partial charge in [-0.3, -0.25) is 0 Å². The van der Waals surface area contributed by atoms with Crippen LogP contribution < -0.4 is 0 Å². The van der Waals surface area contributed by atoms with E-state index in [2.05, 4.69) is 0 Å². The highest BCUT2D eigenvalue weighted by atomic mass is 16.3. The fourth-order valence-corrected chi connectivity index (χ4v) is 7.40. The second-order valence-electron chi connectivity index (χ2n) is 13.5. The summed E-state index contributed by atoms with van der Waals surface area (Å²) in [6.07, 6.45) is 0. The second-order valence-corrected chi connectivity index (χ2v) is 13.5. The van der Waals surface area contributed by atoms with Crippen LogP contribution in [0.2, 0.25) is 0 Å². The molecule has 0 amide bonds. The van der Waals surface area contributed by atoms with Crippen molar-refractivity contribution >= 4 is 43.9 Å². The van der Waals surface area contributed by atoms with Gasteiger partial charge in [-0.25, -0.2) is 15.0 Å². The third-order valence-corrected chi connectivity index (χ3v) is 10.1. The Kier molecular flexibility index (Phi) is 6.10. The molecule has 0 aliphatic carbocycles. The summed E-state index contributed by atoms with van der Waals surface area (Å²) in [5.74, 6) is 0.476. The lowest BCUT2D eigenvalue weighted by atomic mass is 9.99. The van der Waals surface area contributed by atoms with Gasteiger partial charge in [0, 0.05) is 38.2 Å². The molecule has 0 N–H and O–H groups in total. The molecule has 0 unspecified atom stereocenters. The quantitative estimate of drug-likeness (QED) is 0.171. The third kappa shape index (κ3) is 5.37. The molecule has 11 rings (SSSR count). The lowest BCUT2D eigenvalue weighted by Gasteiger charge is -2.09. The van der Waals surface area contributed by atoms with Gasteiger partial charge in [0.1, 0.15) is 22.3 Å². The first-order valence-corrected chi connectivity index (χ1v) is 18.2. The van der Waals surface area contributed by atoms with Crippen molar-refractivity contribution in [3.05, 3.63) is 188 Å². The molecule has 0 fully saturated rings. The maximum atomic E-state index is 9.61. The van der Waals surface area contributed by atoms with Crippen LogP contribution in [0.3, 0.4) is 0 Å². The van der Waals surface area contributed by atoms with Gasteiger partial charge in [0.25, 0.3) is 0 Å². The van der Waals surface area contributed by atoms with E-state index >= 15 is 0 Å². The molecule has 3 heterocycles. The smallest absolute Gasteiger partial charge is 0.167 e. The van der Waals surface area contributed by atoms with E-state index in [0.717, 1.165) is 33.0 Å². The maximum absolute atomic E-state index is 9.61. The van der Waals surface area contributed by atoms with E-state index in [1.54, 1.807) is 24.3 Å². The molecular formula is C51H31N3O2. The highest BCUT2D eigenvalue weighted by Crippen LogP contribution is 2.41. The first-order valence-electron chi connectivity index (χ1n) is 21.2. The highest BCUT2D eigenvalue weighted by Gasteiger charge is 2.20. The van der Waals surface area contributed by atoms with Crippen LogP contribution in [0.1, 0.15) is 8.22 Å². The topological polar surface area (TPSA) is 65.0 Å². The molecule has 8 aromatic carbocycles. The van der Waals surface area contributed by atoms with Crippen LogP contribution in [0, 0.1) is 0 Å². The van der Waals surface area contributed by atoms with Crippen molar-refractivity contribution in [1.82, 2.24) is 15.0 Å². The van der Waals surface area contributed by atoms with Gasteiger partial charge < -0.3 is 8.83 Å². The van der Waals surface area contributed by atoms with E-state index in [1.807, 2.05) is 127 Å². The first kappa shape index (κ1) is 26.2. The van der Waals surface area contributed by atoms with Crippen molar-refractivity contribution in [2.45, 2.75) is 0 Å². The molecule has 0 aliphatic heterocycles. The standard InChI is InChI=1S/C51H31N3O2/c1-4-13-32(14-5-1)33-25-27-36(28-26-33)49-52-50(37-29-30-42-45(31-37)55-44-24-12-19-38(46(42)44)34-15-6-2-7-16-34)54-51(53-49)43-23-11-22-41-40-21-10-20-39(47(40)56-48(41)43)35-17-8-3-9-18-35/h1-31H/i12D,19D,24D,29D,30D,31D. The molecule has 262 valence electrons. The van der Waals surface area contributed by atoms with Gasteiger partial charge in [-0.1, -0.05) is 164 Å². The summed E-state index contributed by atoms with van der Waals surface area (Å²) in [5, 5.41) is 2.11. The van der Waals surface area contributed by atoms with Gasteiger partial charge in [-0.05, 0) is 52.0 Å². The first-order chi connectivity index (χ1) is 30.3. The van der Waals surface area contributed by atoms with E-state index in [4.69, 9.17) is 27.9 Å². The molecule has 0 radical (unpaired) electrons. The summed E-state index contributed by atoms with van der Waals surface area (Å²) in [6, 6.07) is 46.8. The van der Waals surface area contributed by atoms with E-state index in [1.165, 1.54) is 0 Å². The SMILES string of the molecule is [2H]c1c([2H])c(-c2ccccc2)c2c(oc3c([2H])c(-c4nc(-c5ccc(-c6ccccc6)cc5)nc(-c5cccc6c5oc5c(-c7ccccc7)cccc56)n4)c([2H])c([2H])c32)c1[2H]. The Morgan fingerprint density at radius 1 is 0.357 bits per heavy atom. The zero-order valence-corrected chi connectivity index (χ0v) is 29.6. The van der Waals surface area contributed by atoms with Gasteiger partial charge in [0.2, 0.25) is 0 Å². The van der Waals surface area contributed by atoms with Crippen LogP contribution in [0.4, 0.5) is 0 Å². The fourth-order valence-electron chi connectivity index (χ4n) is 7.40. The number of para-hydroxylation sites is 2. The third-order valence-electron chi connectivity index (χ3n) is 10.1. The van der Waals surface area contributed by atoms with Gasteiger partial charge in [-0.2, -0.15) is 0 Å². The van der Waals surface area contributed by atoms with Crippen molar-refractivity contribution in [2.24, 2.45) is 0 Å². The summed E-state index contributed by atoms with van der Waals surface area (Å²) in [4.78, 5) is 14.9. The predicted molar refractivity (Wildman–Crippen MR) is 227 cm³/mol. The molecule has 0 atom stereocenters. The Morgan fingerprint density at radius 2 is 0.911 bits per heavy atom. The van der Waals surface area contributed by atoms with Crippen molar-refractivity contribution in [3.8, 4) is 67.5 Å². The summed E-state index contributed by atoms with van der Waals surface area (Å²) in [7, 11) is 0. The number of fused-ring (bicyclic) bond motifs is 6. The molecule has 11 aromatic rings. The second kappa shape index (κ2) is 13.0. The molecule has 5 heteroatoms. The van der Waals surface area contributed by atoms with Crippen molar-refractivity contribution in [3.63, 3.8) is 0 Å². The minimum absolute atomic E-state index is 0.0298. The summed E-state index contributed by atoms with van der Waals surface area (Å²) < 4.78 is 67.9. The monoisotopic (exact) mass is 723 g/mol. The molecule has 0 saturated heterocycles. The summed E-state index contributed by atoms with van der Waals surface area (Å²) in [6.45, 7) is 0. The zero-order valence-electron chi connectivity index (χ0n) is 35.6. The van der Waals surface area contributed by atoms with Crippen LogP contribution in [-0.4, -0.2) is 15.0 Å². The number of benzene rings is 8. The molecule has 5 nitrogen and oxygen atoms in total. The number of hydrogen-bond acceptors (Lipinski definition) is 5. The van der Waals surface area contributed by atoms with E-state index in [-0.39, 0.29) is 81.2 Å². The molecular weight excluding hydrogens is 687 g/mol. The maximum Gasteiger partial charge on any atom is 0.167 e. The Hall–Kier alpha value is -7.63. The van der Waals surface area contributed by atoms with Gasteiger partial charge in [-0.15, -0.1) is 0 Å². The van der Waals surface area contributed by atoms with E-state index in [9.17, 15) is 4.11 Å². The normalized spacial score (nSPS) is 13.1. The minimum atomic E-state index is -0.347. The van der Waals surface area contributed by atoms with Crippen molar-refractivity contribution in [1.29, 1.82) is 0 Å². The van der Waals surface area contributed by atoms with Gasteiger partial charge >= 0.3 is 0 Å². The fraction of sp³-hybridized carbons (Fsp3) is 0. The summed E-state index contributed by atoms with van der Waals surface area (Å²) >= 11 is 0. The van der Waals surface area contributed by atoms with Crippen LogP contribution >= 0.6 is 0 Å². The Labute approximate surface area is 330 Å². The number of aromatic nitrogens is 3. The Morgan fingerprint density at radius 3 is 1.61 bits per heavy atom. The van der Waals surface area contributed by atoms with E-state index < -0.39 is 0 Å². The number of rotatable bonds is 6. The Bertz CT molecular complexity index is 3580. The van der Waals surface area contributed by atoms with Crippen LogP contribution in [0.5, 0.6) is 0 Å². The molecule has 3 aromatic heterocycles. The number of furan rings is 2. The molecule has 0 aliphatic rings. The number of nitrogens with zero attached hydrogens (tertiary/aromatic N) is 3. The van der Waals surface area contributed by atoms with E-state index in [0.29, 0.717) is 33.4 Å². The average molecular weight is 724 g/mol. The zero-order chi connectivity index (χ0) is 42.2. The predicted octanol–water partition coefficient (Wildman–Crippen LogP) is 13.7. The molecule has 0 spiro atoms. The minimum Gasteiger partial charge on any atom is -0.456 e. The van der Waals surface area contributed by atoms with Crippen LogP contribution in [0.15, 0.2) is 197 Å². The largest absolute Gasteiger partial charge is 0.456 e. The lowest BCUT2D eigenvalue weighted by Crippen LogP contribution is -2.00. The Balaban J connectivity index is 1.17. The average Bonchev–Trinajstić information content (AvgIpc) is 3.91. The van der Waals surface area contributed by atoms with Crippen LogP contribution in [-0.2, 0) is 0 Å². The molecule has 0 bridgehead atoms. The number of hydrogen-bond donors (Lipinski definition) is 0. The highest BCUT2D eigenvalue weighted by molar-refractivity contribution is 6.14. The van der Waals surface area contributed by atoms with Crippen LogP contribution in [0.25, 0.3) is 111 Å². The summed E-state index contributed by atoms with van der Waals surface area (Å²) in [5.41, 5.74) is 7.15. The van der Waals surface area contributed by atoms with Gasteiger partial charge in [0.15, 0.2) is 17.5 Å². The lowest BCUT2D eigenvalue weighted by molar-refractivity contribution is 0.669. The van der Waals surface area contributed by atoms with Crippen molar-refractivity contribution in [2.75, 3.05) is 0 Å². The van der Waals surface area contributed by atoms with Gasteiger partial charge in [0.05, 0.1) is 13.8 Å². The molecule has 0 saturated carbocycles. The molecule has 56 heavy (non-hydrogen) atoms.